The van der Waals surface area contributed by atoms with Gasteiger partial charge in [0.2, 0.25) is 5.91 Å². The first-order valence-corrected chi connectivity index (χ1v) is 9.36. The number of carbonyl (C=O) groups excluding carboxylic acids is 3. The summed E-state index contributed by atoms with van der Waals surface area (Å²) >= 11 is 0. The van der Waals surface area contributed by atoms with E-state index in [-0.39, 0.29) is 41.9 Å². The second-order valence-electron chi connectivity index (χ2n) is 6.90. The van der Waals surface area contributed by atoms with Crippen LogP contribution in [0.2, 0.25) is 0 Å². The molecule has 0 fully saturated rings. The monoisotopic (exact) mass is 392 g/mol. The van der Waals surface area contributed by atoms with Gasteiger partial charge in [-0.15, -0.1) is 0 Å². The number of anilines is 1. The number of para-hydroxylation sites is 2. The lowest BCUT2D eigenvalue weighted by atomic mass is 10.1. The van der Waals surface area contributed by atoms with Gasteiger partial charge in [0.05, 0.1) is 22.2 Å². The second kappa shape index (κ2) is 7.05. The summed E-state index contributed by atoms with van der Waals surface area (Å²) < 4.78 is 3.27. The lowest BCUT2D eigenvalue weighted by Crippen LogP contribution is -2.25. The van der Waals surface area contributed by atoms with Crippen molar-refractivity contribution in [2.24, 2.45) is 0 Å². The highest BCUT2D eigenvalue weighted by molar-refractivity contribution is 6.21. The molecule has 1 aromatic heterocycles. The molecule has 0 saturated heterocycles. The number of nitrogens with zero attached hydrogens (tertiary/aromatic N) is 3. The molecule has 1 aliphatic heterocycles. The van der Waals surface area contributed by atoms with Crippen molar-refractivity contribution >= 4 is 34.4 Å². The fraction of sp³-hybridized carbons (Fsp3) is 0.238. The maximum absolute atomic E-state index is 12.6. The van der Waals surface area contributed by atoms with Crippen molar-refractivity contribution < 1.29 is 14.4 Å². The molecule has 0 bridgehead atoms. The first-order chi connectivity index (χ1) is 13.9. The molecule has 1 N–H and O–H groups in total. The van der Waals surface area contributed by atoms with Crippen molar-refractivity contribution in [1.29, 1.82) is 0 Å². The molecular formula is C21H20N4O4. The minimum Gasteiger partial charge on any atom is -0.326 e. The lowest BCUT2D eigenvalue weighted by molar-refractivity contribution is -0.116. The topological polar surface area (TPSA) is 93.4 Å². The van der Waals surface area contributed by atoms with Gasteiger partial charge in [0, 0.05) is 32.2 Å². The number of hydrogen-bond donors (Lipinski definition) is 1. The van der Waals surface area contributed by atoms with Crippen molar-refractivity contribution in [1.82, 2.24) is 14.0 Å². The summed E-state index contributed by atoms with van der Waals surface area (Å²) in [5.74, 6) is -1.02. The predicted octanol–water partition coefficient (Wildman–Crippen LogP) is 2.08. The molecular weight excluding hydrogens is 372 g/mol. The summed E-state index contributed by atoms with van der Waals surface area (Å²) in [5, 5.41) is 2.74. The number of amides is 3. The van der Waals surface area contributed by atoms with Crippen LogP contribution in [0.15, 0.2) is 47.3 Å². The number of imidazole rings is 1. The van der Waals surface area contributed by atoms with Crippen molar-refractivity contribution in [2.75, 3.05) is 12.4 Å². The Kier molecular flexibility index (Phi) is 4.54. The zero-order valence-corrected chi connectivity index (χ0v) is 16.1. The van der Waals surface area contributed by atoms with Gasteiger partial charge >= 0.3 is 5.69 Å². The minimum atomic E-state index is -0.389. The molecule has 29 heavy (non-hydrogen) atoms. The van der Waals surface area contributed by atoms with E-state index in [0.29, 0.717) is 17.8 Å². The molecule has 0 aliphatic carbocycles. The van der Waals surface area contributed by atoms with Crippen molar-refractivity contribution in [3.63, 3.8) is 0 Å². The molecule has 2 heterocycles. The van der Waals surface area contributed by atoms with E-state index in [1.807, 2.05) is 31.2 Å². The molecule has 4 rings (SSSR count). The van der Waals surface area contributed by atoms with Crippen LogP contribution in [-0.2, 0) is 17.9 Å². The molecule has 2 aromatic carbocycles. The summed E-state index contributed by atoms with van der Waals surface area (Å²) in [5.41, 5.74) is 2.52. The van der Waals surface area contributed by atoms with Crippen LogP contribution in [0.5, 0.6) is 0 Å². The van der Waals surface area contributed by atoms with Crippen LogP contribution in [0.4, 0.5) is 5.69 Å². The molecule has 0 saturated carbocycles. The predicted molar refractivity (Wildman–Crippen MR) is 108 cm³/mol. The van der Waals surface area contributed by atoms with Crippen molar-refractivity contribution in [2.45, 2.75) is 26.4 Å². The van der Waals surface area contributed by atoms with Gasteiger partial charge in [0.25, 0.3) is 11.8 Å². The molecule has 1 aliphatic rings. The Morgan fingerprint density at radius 2 is 1.59 bits per heavy atom. The summed E-state index contributed by atoms with van der Waals surface area (Å²) in [4.78, 5) is 50.2. The normalized spacial score (nSPS) is 13.2. The van der Waals surface area contributed by atoms with E-state index >= 15 is 0 Å². The molecule has 148 valence electrons. The first kappa shape index (κ1) is 18.7. The fourth-order valence-electron chi connectivity index (χ4n) is 3.67. The van der Waals surface area contributed by atoms with E-state index in [4.69, 9.17) is 0 Å². The standard InChI is InChI=1S/C21H20N4O4/c1-3-24-16-6-4-5-7-17(16)25(21(24)29)11-10-18(26)22-13-8-9-14-15(12-13)20(28)23(2)19(14)27/h4-9,12H,3,10-11H2,1-2H3,(H,22,26). The SMILES string of the molecule is CCn1c(=O)n(CCC(=O)Nc2ccc3c(c2)C(=O)N(C)C3=O)c2ccccc21. The maximum Gasteiger partial charge on any atom is 0.329 e. The summed E-state index contributed by atoms with van der Waals surface area (Å²) in [7, 11) is 1.42. The van der Waals surface area contributed by atoms with E-state index in [9.17, 15) is 19.2 Å². The number of fused-ring (bicyclic) bond motifs is 2. The highest BCUT2D eigenvalue weighted by Crippen LogP contribution is 2.24. The van der Waals surface area contributed by atoms with E-state index in [2.05, 4.69) is 5.32 Å². The number of nitrogens with one attached hydrogen (secondary N) is 1. The molecule has 0 unspecified atom stereocenters. The van der Waals surface area contributed by atoms with Gasteiger partial charge in [0.15, 0.2) is 0 Å². The number of hydrogen-bond acceptors (Lipinski definition) is 4. The molecule has 8 heteroatoms. The van der Waals surface area contributed by atoms with Gasteiger partial charge in [-0.3, -0.25) is 28.4 Å². The molecule has 0 radical (unpaired) electrons. The quantitative estimate of drug-likeness (QED) is 0.673. The Bertz CT molecular complexity index is 1220. The maximum atomic E-state index is 12.6. The van der Waals surface area contributed by atoms with E-state index in [1.165, 1.54) is 19.2 Å². The van der Waals surface area contributed by atoms with E-state index in [0.717, 1.165) is 15.9 Å². The average Bonchev–Trinajstić information content (AvgIpc) is 3.11. The first-order valence-electron chi connectivity index (χ1n) is 9.36. The van der Waals surface area contributed by atoms with Crippen LogP contribution >= 0.6 is 0 Å². The van der Waals surface area contributed by atoms with Crippen molar-refractivity contribution in [3.05, 3.63) is 64.1 Å². The Hall–Kier alpha value is -3.68. The molecule has 8 nitrogen and oxygen atoms in total. The highest BCUT2D eigenvalue weighted by atomic mass is 16.2. The number of benzene rings is 2. The molecule has 3 aromatic rings. The highest BCUT2D eigenvalue weighted by Gasteiger charge is 2.32. The van der Waals surface area contributed by atoms with Gasteiger partial charge in [-0.1, -0.05) is 12.1 Å². The number of aryl methyl sites for hydroxylation is 2. The molecule has 3 amide bonds. The van der Waals surface area contributed by atoms with Gasteiger partial charge in [0.1, 0.15) is 0 Å². The zero-order chi connectivity index (χ0) is 20.7. The van der Waals surface area contributed by atoms with Gasteiger partial charge < -0.3 is 5.32 Å². The lowest BCUT2D eigenvalue weighted by Gasteiger charge is -2.07. The third-order valence-electron chi connectivity index (χ3n) is 5.18. The zero-order valence-electron chi connectivity index (χ0n) is 16.1. The number of rotatable bonds is 5. The summed E-state index contributed by atoms with van der Waals surface area (Å²) in [6.07, 6.45) is 0.0987. The number of aromatic nitrogens is 2. The molecule has 0 atom stereocenters. The van der Waals surface area contributed by atoms with Crippen LogP contribution in [0.3, 0.4) is 0 Å². The Morgan fingerprint density at radius 3 is 2.28 bits per heavy atom. The minimum absolute atomic E-state index is 0.0987. The fourth-order valence-corrected chi connectivity index (χ4v) is 3.67. The van der Waals surface area contributed by atoms with Gasteiger partial charge in [-0.05, 0) is 37.3 Å². The van der Waals surface area contributed by atoms with Crippen LogP contribution in [0, 0.1) is 0 Å². The third kappa shape index (κ3) is 3.02. The van der Waals surface area contributed by atoms with Crippen LogP contribution in [0.1, 0.15) is 34.1 Å². The number of carbonyl (C=O) groups is 3. The third-order valence-corrected chi connectivity index (χ3v) is 5.18. The van der Waals surface area contributed by atoms with Crippen LogP contribution in [-0.4, -0.2) is 38.8 Å². The number of imide groups is 1. The van der Waals surface area contributed by atoms with E-state index < -0.39 is 0 Å². The van der Waals surface area contributed by atoms with Crippen molar-refractivity contribution in [3.8, 4) is 0 Å². The average molecular weight is 392 g/mol. The summed E-state index contributed by atoms with van der Waals surface area (Å²) in [6.45, 7) is 2.69. The van der Waals surface area contributed by atoms with Gasteiger partial charge in [-0.2, -0.15) is 0 Å². The largest absolute Gasteiger partial charge is 0.329 e. The Morgan fingerprint density at radius 1 is 0.931 bits per heavy atom. The Balaban J connectivity index is 1.51. The van der Waals surface area contributed by atoms with Crippen LogP contribution < -0.4 is 11.0 Å². The Labute approximate surface area is 166 Å². The summed E-state index contributed by atoms with van der Waals surface area (Å²) in [6, 6.07) is 12.1. The van der Waals surface area contributed by atoms with Gasteiger partial charge in [-0.25, -0.2) is 4.79 Å². The second-order valence-corrected chi connectivity index (χ2v) is 6.90. The smallest absolute Gasteiger partial charge is 0.326 e. The van der Waals surface area contributed by atoms with E-state index in [1.54, 1.807) is 15.2 Å². The van der Waals surface area contributed by atoms with Crippen LogP contribution in [0.25, 0.3) is 11.0 Å². The molecule has 0 spiro atoms.